The topological polar surface area (TPSA) is 32.3 Å². The summed E-state index contributed by atoms with van der Waals surface area (Å²) in [6.45, 7) is 1.70. The zero-order valence-electron chi connectivity index (χ0n) is 9.61. The number of likely N-dealkylation sites (N-methyl/N-ethyl adjacent to an activating group) is 1. The zero-order valence-corrected chi connectivity index (χ0v) is 12.8. The molecule has 0 spiro atoms. The SMILES string of the molecule is CNC1CCCN(C(=O)c2sccc2Br)C1.Cl. The Morgan fingerprint density at radius 2 is 2.41 bits per heavy atom. The monoisotopic (exact) mass is 338 g/mol. The number of hydrogen-bond donors (Lipinski definition) is 1. The van der Waals surface area contributed by atoms with Gasteiger partial charge < -0.3 is 10.2 Å². The molecule has 1 aromatic rings. The molecular formula is C11H16BrClN2OS. The van der Waals surface area contributed by atoms with E-state index in [0.29, 0.717) is 6.04 Å². The number of nitrogens with one attached hydrogen (secondary N) is 1. The van der Waals surface area contributed by atoms with E-state index in [0.717, 1.165) is 35.3 Å². The van der Waals surface area contributed by atoms with E-state index in [1.165, 1.54) is 11.3 Å². The van der Waals surface area contributed by atoms with Crippen molar-refractivity contribution in [2.24, 2.45) is 0 Å². The number of piperidine rings is 1. The van der Waals surface area contributed by atoms with Gasteiger partial charge in [0.15, 0.2) is 0 Å². The second kappa shape index (κ2) is 6.73. The van der Waals surface area contributed by atoms with E-state index < -0.39 is 0 Å². The summed E-state index contributed by atoms with van der Waals surface area (Å²) in [5, 5.41) is 5.19. The first kappa shape index (κ1) is 15.0. The average Bonchev–Trinajstić information content (AvgIpc) is 2.74. The Bertz CT molecular complexity index is 385. The van der Waals surface area contributed by atoms with Gasteiger partial charge in [0.05, 0.1) is 0 Å². The van der Waals surface area contributed by atoms with E-state index in [2.05, 4.69) is 21.2 Å². The first-order valence-corrected chi connectivity index (χ1v) is 7.09. The molecule has 2 heterocycles. The fraction of sp³-hybridized carbons (Fsp3) is 0.545. The predicted molar refractivity (Wildman–Crippen MR) is 77.3 cm³/mol. The Kier molecular flexibility index (Phi) is 5.92. The lowest BCUT2D eigenvalue weighted by Crippen LogP contribution is -2.46. The maximum atomic E-state index is 12.2. The molecule has 1 amide bonds. The summed E-state index contributed by atoms with van der Waals surface area (Å²) >= 11 is 4.91. The van der Waals surface area contributed by atoms with E-state index in [-0.39, 0.29) is 18.3 Å². The van der Waals surface area contributed by atoms with E-state index in [9.17, 15) is 4.79 Å². The summed E-state index contributed by atoms with van der Waals surface area (Å²) in [6, 6.07) is 2.37. The van der Waals surface area contributed by atoms with Gasteiger partial charge >= 0.3 is 0 Å². The van der Waals surface area contributed by atoms with Crippen LogP contribution in [-0.2, 0) is 0 Å². The third kappa shape index (κ3) is 3.44. The van der Waals surface area contributed by atoms with Gasteiger partial charge in [-0.05, 0) is 47.3 Å². The molecule has 0 aliphatic carbocycles. The van der Waals surface area contributed by atoms with Gasteiger partial charge in [0.2, 0.25) is 0 Å². The highest BCUT2D eigenvalue weighted by Crippen LogP contribution is 2.25. The normalized spacial score (nSPS) is 19.9. The molecular weight excluding hydrogens is 324 g/mol. The van der Waals surface area contributed by atoms with Crippen molar-refractivity contribution in [3.63, 3.8) is 0 Å². The van der Waals surface area contributed by atoms with Crippen LogP contribution in [0, 0.1) is 0 Å². The summed E-state index contributed by atoms with van der Waals surface area (Å²) < 4.78 is 0.911. The predicted octanol–water partition coefficient (Wildman–Crippen LogP) is 2.76. The van der Waals surface area contributed by atoms with Crippen LogP contribution in [0.4, 0.5) is 0 Å². The lowest BCUT2D eigenvalue weighted by molar-refractivity contribution is 0.0702. The van der Waals surface area contributed by atoms with Gasteiger partial charge in [-0.15, -0.1) is 23.7 Å². The molecule has 1 aliphatic rings. The Hall–Kier alpha value is -0.100. The van der Waals surface area contributed by atoms with Crippen LogP contribution in [0.3, 0.4) is 0 Å². The molecule has 0 saturated carbocycles. The van der Waals surface area contributed by atoms with Crippen LogP contribution in [0.2, 0.25) is 0 Å². The average molecular weight is 340 g/mol. The minimum Gasteiger partial charge on any atom is -0.336 e. The van der Waals surface area contributed by atoms with Crippen molar-refractivity contribution in [3.8, 4) is 0 Å². The molecule has 1 N–H and O–H groups in total. The molecule has 17 heavy (non-hydrogen) atoms. The van der Waals surface area contributed by atoms with Crippen molar-refractivity contribution in [3.05, 3.63) is 20.8 Å². The van der Waals surface area contributed by atoms with Gasteiger partial charge in [0.25, 0.3) is 5.91 Å². The number of carbonyl (C=O) groups is 1. The van der Waals surface area contributed by atoms with Crippen molar-refractivity contribution >= 4 is 45.6 Å². The standard InChI is InChI=1S/C11H15BrN2OS.ClH/c1-13-8-3-2-5-14(7-8)11(15)10-9(12)4-6-16-10;/h4,6,8,13H,2-3,5,7H2,1H3;1H. The third-order valence-corrected chi connectivity index (χ3v) is 4.75. The smallest absolute Gasteiger partial charge is 0.265 e. The van der Waals surface area contributed by atoms with Crippen LogP contribution in [-0.4, -0.2) is 37.0 Å². The minimum absolute atomic E-state index is 0. The summed E-state index contributed by atoms with van der Waals surface area (Å²) in [7, 11) is 1.96. The second-order valence-electron chi connectivity index (χ2n) is 3.98. The number of hydrogen-bond acceptors (Lipinski definition) is 3. The number of amides is 1. The summed E-state index contributed by atoms with van der Waals surface area (Å²) in [6.07, 6.45) is 2.24. The molecule has 96 valence electrons. The van der Waals surface area contributed by atoms with E-state index in [1.807, 2.05) is 23.4 Å². The highest BCUT2D eigenvalue weighted by atomic mass is 79.9. The number of nitrogens with zero attached hydrogens (tertiary/aromatic N) is 1. The maximum absolute atomic E-state index is 12.2. The molecule has 1 unspecified atom stereocenters. The van der Waals surface area contributed by atoms with E-state index >= 15 is 0 Å². The zero-order chi connectivity index (χ0) is 11.5. The van der Waals surface area contributed by atoms with Crippen molar-refractivity contribution in [1.29, 1.82) is 0 Å². The number of likely N-dealkylation sites (tertiary alicyclic amines) is 1. The van der Waals surface area contributed by atoms with Crippen LogP contribution < -0.4 is 5.32 Å². The molecule has 1 fully saturated rings. The van der Waals surface area contributed by atoms with Crippen LogP contribution in [0.5, 0.6) is 0 Å². The lowest BCUT2D eigenvalue weighted by atomic mass is 10.1. The van der Waals surface area contributed by atoms with Gasteiger partial charge in [0.1, 0.15) is 4.88 Å². The fourth-order valence-corrected chi connectivity index (χ4v) is 3.50. The van der Waals surface area contributed by atoms with Crippen molar-refractivity contribution in [2.75, 3.05) is 20.1 Å². The molecule has 0 aromatic carbocycles. The Balaban J connectivity index is 0.00000144. The number of halogens is 2. The van der Waals surface area contributed by atoms with Crippen LogP contribution in [0.1, 0.15) is 22.5 Å². The van der Waals surface area contributed by atoms with Crippen LogP contribution >= 0.6 is 39.7 Å². The quantitative estimate of drug-likeness (QED) is 0.898. The first-order valence-electron chi connectivity index (χ1n) is 5.42. The molecule has 3 nitrogen and oxygen atoms in total. The molecule has 0 radical (unpaired) electrons. The lowest BCUT2D eigenvalue weighted by Gasteiger charge is -2.32. The highest BCUT2D eigenvalue weighted by Gasteiger charge is 2.25. The maximum Gasteiger partial charge on any atom is 0.265 e. The highest BCUT2D eigenvalue weighted by molar-refractivity contribution is 9.10. The molecule has 1 aromatic heterocycles. The Morgan fingerprint density at radius 1 is 1.65 bits per heavy atom. The minimum atomic E-state index is 0. The second-order valence-corrected chi connectivity index (χ2v) is 5.75. The molecule has 1 atom stereocenters. The summed E-state index contributed by atoms with van der Waals surface area (Å²) in [4.78, 5) is 15.0. The van der Waals surface area contributed by atoms with Crippen molar-refractivity contribution in [1.82, 2.24) is 10.2 Å². The van der Waals surface area contributed by atoms with Crippen LogP contribution in [0.25, 0.3) is 0 Å². The molecule has 1 saturated heterocycles. The Morgan fingerprint density at radius 3 is 3.00 bits per heavy atom. The van der Waals surface area contributed by atoms with E-state index in [1.54, 1.807) is 0 Å². The molecule has 0 bridgehead atoms. The molecule has 6 heteroatoms. The number of thiophene rings is 1. The van der Waals surface area contributed by atoms with Gasteiger partial charge in [-0.2, -0.15) is 0 Å². The van der Waals surface area contributed by atoms with Gasteiger partial charge in [0, 0.05) is 23.6 Å². The van der Waals surface area contributed by atoms with Gasteiger partial charge in [-0.3, -0.25) is 4.79 Å². The van der Waals surface area contributed by atoms with Crippen LogP contribution in [0.15, 0.2) is 15.9 Å². The first-order chi connectivity index (χ1) is 7.72. The fourth-order valence-electron chi connectivity index (χ4n) is 1.99. The molecule has 1 aliphatic heterocycles. The third-order valence-electron chi connectivity index (χ3n) is 2.93. The van der Waals surface area contributed by atoms with E-state index in [4.69, 9.17) is 0 Å². The number of carbonyl (C=O) groups excluding carboxylic acids is 1. The molecule has 2 rings (SSSR count). The number of rotatable bonds is 2. The van der Waals surface area contributed by atoms with Crippen molar-refractivity contribution in [2.45, 2.75) is 18.9 Å². The van der Waals surface area contributed by atoms with Gasteiger partial charge in [-0.1, -0.05) is 0 Å². The summed E-state index contributed by atoms with van der Waals surface area (Å²) in [5.74, 6) is 0.154. The summed E-state index contributed by atoms with van der Waals surface area (Å²) in [5.41, 5.74) is 0. The van der Waals surface area contributed by atoms with Crippen molar-refractivity contribution < 1.29 is 4.79 Å². The van der Waals surface area contributed by atoms with Gasteiger partial charge in [-0.25, -0.2) is 0 Å². The Labute approximate surface area is 120 Å². The largest absolute Gasteiger partial charge is 0.336 e.